The van der Waals surface area contributed by atoms with Gasteiger partial charge in [0.2, 0.25) is 0 Å². The minimum Gasteiger partial charge on any atom is -0.396 e. The normalized spacial score (nSPS) is 22.0. The lowest BCUT2D eigenvalue weighted by Gasteiger charge is -2.32. The summed E-state index contributed by atoms with van der Waals surface area (Å²) in [6, 6.07) is 0. The van der Waals surface area contributed by atoms with E-state index in [9.17, 15) is 0 Å². The average Bonchev–Trinajstić information content (AvgIpc) is 2.37. The third-order valence-corrected chi connectivity index (χ3v) is 4.13. The second-order valence-electron chi connectivity index (χ2n) is 6.65. The topological polar surface area (TPSA) is 20.2 Å². The molecule has 0 aromatic heterocycles. The van der Waals surface area contributed by atoms with Crippen molar-refractivity contribution in [3.05, 3.63) is 58.7 Å². The molecule has 0 saturated heterocycles. The van der Waals surface area contributed by atoms with E-state index in [1.54, 1.807) is 0 Å². The Balaban J connectivity index is 2.80. The summed E-state index contributed by atoms with van der Waals surface area (Å²) in [6.45, 7) is 11.3. The number of allylic oxidation sites excluding steroid dienone is 9. The maximum atomic E-state index is 8.86. The average molecular weight is 286 g/mol. The van der Waals surface area contributed by atoms with Crippen molar-refractivity contribution in [2.75, 3.05) is 6.61 Å². The van der Waals surface area contributed by atoms with E-state index in [0.717, 1.165) is 6.42 Å². The summed E-state index contributed by atoms with van der Waals surface area (Å²) in [5, 5.41) is 8.86. The number of rotatable bonds is 5. The maximum Gasteiger partial charge on any atom is 0.0468 e. The van der Waals surface area contributed by atoms with Crippen LogP contribution >= 0.6 is 0 Å². The van der Waals surface area contributed by atoms with Gasteiger partial charge in [0.1, 0.15) is 0 Å². The molecule has 0 spiro atoms. The van der Waals surface area contributed by atoms with Gasteiger partial charge < -0.3 is 5.11 Å². The lowest BCUT2D eigenvalue weighted by Crippen LogP contribution is -2.18. The van der Waals surface area contributed by atoms with Gasteiger partial charge in [-0.3, -0.25) is 0 Å². The van der Waals surface area contributed by atoms with Crippen LogP contribution in [0.2, 0.25) is 0 Å². The van der Waals surface area contributed by atoms with Gasteiger partial charge in [0.05, 0.1) is 0 Å². The molecule has 0 fully saturated rings. The number of aliphatic hydroxyl groups excluding tert-OH is 1. The first-order chi connectivity index (χ1) is 9.86. The Kier molecular flexibility index (Phi) is 6.91. The van der Waals surface area contributed by atoms with Gasteiger partial charge in [-0.25, -0.2) is 0 Å². The van der Waals surface area contributed by atoms with Gasteiger partial charge in [-0.2, -0.15) is 0 Å². The Morgan fingerprint density at radius 2 is 2.00 bits per heavy atom. The molecule has 0 aromatic rings. The van der Waals surface area contributed by atoms with Crippen LogP contribution in [0.4, 0.5) is 0 Å². The molecule has 116 valence electrons. The molecular weight excluding hydrogens is 256 g/mol. The van der Waals surface area contributed by atoms with Crippen molar-refractivity contribution < 1.29 is 5.11 Å². The molecule has 1 N–H and O–H groups in total. The van der Waals surface area contributed by atoms with E-state index in [0.29, 0.717) is 0 Å². The summed E-state index contributed by atoms with van der Waals surface area (Å²) >= 11 is 0. The zero-order valence-corrected chi connectivity index (χ0v) is 14.2. The van der Waals surface area contributed by atoms with Gasteiger partial charge in [-0.1, -0.05) is 67.0 Å². The predicted molar refractivity (Wildman–Crippen MR) is 93.2 cm³/mol. The van der Waals surface area contributed by atoms with Gasteiger partial charge >= 0.3 is 0 Å². The van der Waals surface area contributed by atoms with Crippen molar-refractivity contribution in [3.63, 3.8) is 0 Å². The van der Waals surface area contributed by atoms with Gasteiger partial charge in [-0.15, -0.1) is 0 Å². The summed E-state index contributed by atoms with van der Waals surface area (Å²) < 4.78 is 0. The minimum absolute atomic E-state index is 0.220. The second kappa shape index (κ2) is 8.19. The fourth-order valence-corrected chi connectivity index (χ4v) is 2.68. The highest BCUT2D eigenvalue weighted by atomic mass is 16.2. The highest BCUT2D eigenvalue weighted by molar-refractivity contribution is 5.40. The smallest absolute Gasteiger partial charge is 0.0468 e. The Morgan fingerprint density at radius 3 is 2.62 bits per heavy atom. The van der Waals surface area contributed by atoms with Gasteiger partial charge in [0, 0.05) is 6.61 Å². The fraction of sp³-hybridized carbons (Fsp3) is 0.500. The molecule has 1 aliphatic carbocycles. The zero-order valence-electron chi connectivity index (χ0n) is 14.2. The van der Waals surface area contributed by atoms with E-state index >= 15 is 0 Å². The highest BCUT2D eigenvalue weighted by Crippen LogP contribution is 2.40. The maximum absolute atomic E-state index is 8.86. The van der Waals surface area contributed by atoms with Gasteiger partial charge in [-0.05, 0) is 51.0 Å². The summed E-state index contributed by atoms with van der Waals surface area (Å²) in [4.78, 5) is 0. The molecule has 0 bridgehead atoms. The highest BCUT2D eigenvalue weighted by Gasteiger charge is 2.26. The molecule has 1 aliphatic rings. The standard InChI is InChI=1S/C20H30O/c1-16(8-6-9-17(2)13-15-21)11-12-19-18(3)10-7-14-20(19,4)5/h6,8-12,21H,7,13-15H2,1-5H3/b8-6+,16-11+,17-9+,19-12-. The molecule has 1 rings (SSSR count). The SMILES string of the molecule is CC1=CCCC(C)(C)\C1=C/C=C(C)/C=C/C=C(\C)CCO. The second-order valence-corrected chi connectivity index (χ2v) is 6.65. The Morgan fingerprint density at radius 1 is 1.29 bits per heavy atom. The fourth-order valence-electron chi connectivity index (χ4n) is 2.68. The van der Waals surface area contributed by atoms with Crippen LogP contribution in [0.15, 0.2) is 58.7 Å². The van der Waals surface area contributed by atoms with Crippen molar-refractivity contribution in [2.45, 2.75) is 53.9 Å². The molecule has 21 heavy (non-hydrogen) atoms. The predicted octanol–water partition coefficient (Wildman–Crippen LogP) is 5.51. The van der Waals surface area contributed by atoms with Crippen LogP contribution in [-0.2, 0) is 0 Å². The summed E-state index contributed by atoms with van der Waals surface area (Å²) in [5.74, 6) is 0. The molecule has 1 nitrogen and oxygen atoms in total. The van der Waals surface area contributed by atoms with Gasteiger partial charge in [0.25, 0.3) is 0 Å². The van der Waals surface area contributed by atoms with Crippen LogP contribution in [-0.4, -0.2) is 11.7 Å². The summed E-state index contributed by atoms with van der Waals surface area (Å²) in [5.41, 5.74) is 5.58. The van der Waals surface area contributed by atoms with E-state index in [2.05, 4.69) is 64.2 Å². The largest absolute Gasteiger partial charge is 0.396 e. The van der Waals surface area contributed by atoms with E-state index in [1.807, 2.05) is 6.92 Å². The molecule has 0 radical (unpaired) electrons. The molecule has 0 heterocycles. The van der Waals surface area contributed by atoms with Crippen molar-refractivity contribution in [1.29, 1.82) is 0 Å². The van der Waals surface area contributed by atoms with Gasteiger partial charge in [0.15, 0.2) is 0 Å². The molecule has 0 saturated carbocycles. The Hall–Kier alpha value is -1.34. The third-order valence-electron chi connectivity index (χ3n) is 4.13. The van der Waals surface area contributed by atoms with Crippen molar-refractivity contribution in [3.8, 4) is 0 Å². The monoisotopic (exact) mass is 286 g/mol. The van der Waals surface area contributed by atoms with Crippen molar-refractivity contribution >= 4 is 0 Å². The first-order valence-electron chi connectivity index (χ1n) is 7.87. The summed E-state index contributed by atoms with van der Waals surface area (Å²) in [7, 11) is 0. The lowest BCUT2D eigenvalue weighted by molar-refractivity contribution is 0.299. The quantitative estimate of drug-likeness (QED) is 0.661. The molecular formula is C20H30O. The van der Waals surface area contributed by atoms with E-state index < -0.39 is 0 Å². The number of aliphatic hydroxyl groups is 1. The third kappa shape index (κ3) is 5.89. The minimum atomic E-state index is 0.220. The van der Waals surface area contributed by atoms with Crippen LogP contribution in [0.25, 0.3) is 0 Å². The Labute approximate surface area is 130 Å². The van der Waals surface area contributed by atoms with Crippen LogP contribution in [0, 0.1) is 5.41 Å². The molecule has 0 unspecified atom stereocenters. The lowest BCUT2D eigenvalue weighted by atomic mass is 9.73. The number of hydrogen-bond donors (Lipinski definition) is 1. The van der Waals surface area contributed by atoms with E-state index in [-0.39, 0.29) is 12.0 Å². The van der Waals surface area contributed by atoms with Crippen LogP contribution in [0.3, 0.4) is 0 Å². The van der Waals surface area contributed by atoms with Crippen LogP contribution in [0.5, 0.6) is 0 Å². The summed E-state index contributed by atoms with van der Waals surface area (Å²) in [6.07, 6.45) is 16.2. The zero-order chi connectivity index (χ0) is 15.9. The first kappa shape index (κ1) is 17.7. The van der Waals surface area contributed by atoms with E-state index in [4.69, 9.17) is 5.11 Å². The Bertz CT molecular complexity index is 496. The van der Waals surface area contributed by atoms with Crippen molar-refractivity contribution in [2.24, 2.45) is 5.41 Å². The molecule has 0 aromatic carbocycles. The molecule has 0 aliphatic heterocycles. The molecule has 0 atom stereocenters. The first-order valence-corrected chi connectivity index (χ1v) is 7.87. The number of hydrogen-bond acceptors (Lipinski definition) is 1. The molecule has 1 heteroatoms. The molecule has 0 amide bonds. The van der Waals surface area contributed by atoms with Crippen LogP contribution < -0.4 is 0 Å². The van der Waals surface area contributed by atoms with Crippen LogP contribution in [0.1, 0.15) is 53.9 Å². The van der Waals surface area contributed by atoms with Crippen molar-refractivity contribution in [1.82, 2.24) is 0 Å². The van der Waals surface area contributed by atoms with E-state index in [1.165, 1.54) is 35.1 Å².